The van der Waals surface area contributed by atoms with Gasteiger partial charge in [0.25, 0.3) is 0 Å². The molecule has 0 spiro atoms. The number of H-pyrrole nitrogens is 1. The molecule has 1 aromatic heterocycles. The van der Waals surface area contributed by atoms with Gasteiger partial charge in [-0.3, -0.25) is 0 Å². The van der Waals surface area contributed by atoms with Crippen LogP contribution >= 0.6 is 47.5 Å². The number of aromatic amines is 1. The molecule has 2 nitrogen and oxygen atoms in total. The van der Waals surface area contributed by atoms with Gasteiger partial charge in [-0.05, 0) is 0 Å². The normalized spacial score (nSPS) is 24.4. The van der Waals surface area contributed by atoms with Gasteiger partial charge in [-0.25, -0.2) is 4.98 Å². The second-order valence-corrected chi connectivity index (χ2v) is 7.64. The lowest BCUT2D eigenvalue weighted by atomic mass is 10.2. The van der Waals surface area contributed by atoms with Gasteiger partial charge in [0, 0.05) is 40.0 Å². The second kappa shape index (κ2) is 4.92. The van der Waals surface area contributed by atoms with Crippen LogP contribution < -0.4 is 0 Å². The average Bonchev–Trinajstić information content (AvgIpc) is 2.79. The van der Waals surface area contributed by atoms with Crippen molar-refractivity contribution in [2.45, 2.75) is 16.8 Å². The molecule has 86 valence electrons. The van der Waals surface area contributed by atoms with Crippen molar-refractivity contribution in [3.63, 3.8) is 0 Å². The van der Waals surface area contributed by atoms with E-state index in [9.17, 15) is 0 Å². The van der Waals surface area contributed by atoms with Crippen molar-refractivity contribution in [1.29, 1.82) is 0 Å². The largest absolute Gasteiger partial charge is 0.345 e. The highest BCUT2D eigenvalue weighted by Crippen LogP contribution is 2.36. The highest BCUT2D eigenvalue weighted by atomic mass is 32.2. The minimum Gasteiger partial charge on any atom is -0.345 e. The number of aromatic nitrogens is 2. The van der Waals surface area contributed by atoms with Crippen molar-refractivity contribution < 1.29 is 0 Å². The summed E-state index contributed by atoms with van der Waals surface area (Å²) in [5.41, 5.74) is 2.58. The minimum absolute atomic E-state index is 0.511. The molecule has 1 fully saturated rings. The van der Waals surface area contributed by atoms with Crippen LogP contribution in [0.5, 0.6) is 0 Å². The molecule has 3 rings (SSSR count). The maximum Gasteiger partial charge on any atom is 0.134 e. The summed E-state index contributed by atoms with van der Waals surface area (Å²) < 4.78 is 0.824. The predicted molar refractivity (Wildman–Crippen MR) is 76.9 cm³/mol. The average molecular weight is 288 g/mol. The number of nitrogens with one attached hydrogen (secondary N) is 1. The minimum atomic E-state index is 0.511. The van der Waals surface area contributed by atoms with Crippen LogP contribution in [0.4, 0.5) is 0 Å². The van der Waals surface area contributed by atoms with Crippen molar-refractivity contribution in [2.75, 3.05) is 17.3 Å². The molecular formula is C10H12N2S4. The number of hydrogen-bond donors (Lipinski definition) is 1. The smallest absolute Gasteiger partial charge is 0.134 e. The van der Waals surface area contributed by atoms with Gasteiger partial charge in [-0.1, -0.05) is 12.2 Å². The van der Waals surface area contributed by atoms with E-state index in [1.54, 1.807) is 0 Å². The third kappa shape index (κ3) is 2.17. The van der Waals surface area contributed by atoms with Crippen LogP contribution in [0.25, 0.3) is 0 Å². The zero-order chi connectivity index (χ0) is 11.0. The van der Waals surface area contributed by atoms with Crippen LogP contribution in [-0.4, -0.2) is 27.2 Å². The Balaban J connectivity index is 1.96. The van der Waals surface area contributed by atoms with E-state index in [-0.39, 0.29) is 0 Å². The summed E-state index contributed by atoms with van der Waals surface area (Å²) in [5, 5.41) is 0.511. The summed E-state index contributed by atoms with van der Waals surface area (Å²) in [7, 11) is 0. The molecule has 2 aliphatic heterocycles. The molecule has 1 N–H and O–H groups in total. The fourth-order valence-electron chi connectivity index (χ4n) is 1.89. The Morgan fingerprint density at radius 2 is 2.19 bits per heavy atom. The molecule has 1 aromatic rings. The first kappa shape index (κ1) is 11.4. The Morgan fingerprint density at radius 3 is 3.00 bits per heavy atom. The van der Waals surface area contributed by atoms with E-state index in [4.69, 9.17) is 12.2 Å². The van der Waals surface area contributed by atoms with Gasteiger partial charge in [0.2, 0.25) is 0 Å². The molecule has 1 unspecified atom stereocenters. The van der Waals surface area contributed by atoms with Gasteiger partial charge in [-0.2, -0.15) is 23.5 Å². The number of thioether (sulfide) groups is 3. The first-order valence-corrected chi connectivity index (χ1v) is 9.00. The van der Waals surface area contributed by atoms with Crippen LogP contribution in [0.1, 0.15) is 22.3 Å². The Morgan fingerprint density at radius 1 is 1.25 bits per heavy atom. The maximum absolute atomic E-state index is 5.37. The lowest BCUT2D eigenvalue weighted by molar-refractivity contribution is 0.885. The lowest BCUT2D eigenvalue weighted by Crippen LogP contribution is -2.11. The molecule has 0 bridgehead atoms. The topological polar surface area (TPSA) is 28.7 Å². The van der Waals surface area contributed by atoms with E-state index in [2.05, 4.69) is 9.97 Å². The van der Waals surface area contributed by atoms with E-state index in [1.807, 2.05) is 35.3 Å². The van der Waals surface area contributed by atoms with Gasteiger partial charge in [-0.15, -0.1) is 11.8 Å². The molecule has 0 radical (unpaired) electrons. The highest BCUT2D eigenvalue weighted by Gasteiger charge is 2.22. The van der Waals surface area contributed by atoms with Gasteiger partial charge in [0.1, 0.15) is 10.5 Å². The predicted octanol–water partition coefficient (Wildman–Crippen LogP) is 3.41. The van der Waals surface area contributed by atoms with Crippen LogP contribution in [0, 0.1) is 4.64 Å². The highest BCUT2D eigenvalue weighted by molar-refractivity contribution is 8.06. The number of fused-ring (bicyclic) bond motifs is 1. The molecule has 1 atom stereocenters. The number of rotatable bonds is 1. The van der Waals surface area contributed by atoms with Crippen molar-refractivity contribution in [1.82, 2.24) is 9.97 Å². The van der Waals surface area contributed by atoms with E-state index >= 15 is 0 Å². The summed E-state index contributed by atoms with van der Waals surface area (Å²) in [6, 6.07) is 0. The van der Waals surface area contributed by atoms with Gasteiger partial charge in [0.15, 0.2) is 0 Å². The molecule has 0 aromatic carbocycles. The van der Waals surface area contributed by atoms with Crippen LogP contribution in [-0.2, 0) is 11.5 Å². The summed E-state index contributed by atoms with van der Waals surface area (Å²) in [6.45, 7) is 0. The molecule has 2 aliphatic rings. The summed E-state index contributed by atoms with van der Waals surface area (Å²) in [4.78, 5) is 8.08. The summed E-state index contributed by atoms with van der Waals surface area (Å²) in [5.74, 6) is 6.85. The Hall–Kier alpha value is 0.350. The lowest BCUT2D eigenvalue weighted by Gasteiger charge is -2.20. The quantitative estimate of drug-likeness (QED) is 0.800. The zero-order valence-electron chi connectivity index (χ0n) is 8.69. The molecular weight excluding hydrogens is 276 g/mol. The maximum atomic E-state index is 5.37. The molecule has 0 aliphatic carbocycles. The molecule has 0 amide bonds. The number of hydrogen-bond acceptors (Lipinski definition) is 5. The number of nitrogens with zero attached hydrogens (tertiary/aromatic N) is 1. The standard InChI is InChI=1S/C10H12N2S4/c13-10-6-3-15-4-7(6)11-9(12-10)8-5-14-1-2-16-8/h8H,1-5H2,(H,11,12,13). The van der Waals surface area contributed by atoms with E-state index in [1.165, 1.54) is 22.8 Å². The SMILES string of the molecule is S=c1nc(C2CSCCS2)[nH]c2c1CSC2. The molecule has 16 heavy (non-hydrogen) atoms. The fraction of sp³-hybridized carbons (Fsp3) is 0.600. The Labute approximate surface area is 113 Å². The van der Waals surface area contributed by atoms with Crippen LogP contribution in [0.15, 0.2) is 0 Å². The Kier molecular flexibility index (Phi) is 3.52. The van der Waals surface area contributed by atoms with Crippen molar-refractivity contribution >= 4 is 47.5 Å². The van der Waals surface area contributed by atoms with E-state index in [0.29, 0.717) is 5.25 Å². The van der Waals surface area contributed by atoms with Crippen LogP contribution in [0.3, 0.4) is 0 Å². The van der Waals surface area contributed by atoms with Crippen molar-refractivity contribution in [3.05, 3.63) is 21.7 Å². The molecule has 1 saturated heterocycles. The molecule has 0 saturated carbocycles. The first-order valence-electron chi connectivity index (χ1n) is 5.23. The summed E-state index contributed by atoms with van der Waals surface area (Å²) >= 11 is 11.3. The van der Waals surface area contributed by atoms with E-state index in [0.717, 1.165) is 27.7 Å². The van der Waals surface area contributed by atoms with Crippen molar-refractivity contribution in [2.24, 2.45) is 0 Å². The third-order valence-corrected chi connectivity index (χ3v) is 6.82. The van der Waals surface area contributed by atoms with Gasteiger partial charge < -0.3 is 4.98 Å². The fourth-order valence-corrected chi connectivity index (χ4v) is 5.96. The van der Waals surface area contributed by atoms with Crippen LogP contribution in [0.2, 0.25) is 0 Å². The van der Waals surface area contributed by atoms with E-state index < -0.39 is 0 Å². The second-order valence-electron chi connectivity index (χ2n) is 3.81. The van der Waals surface area contributed by atoms with Gasteiger partial charge in [0.05, 0.1) is 5.25 Å². The summed E-state index contributed by atoms with van der Waals surface area (Å²) in [6.07, 6.45) is 0. The van der Waals surface area contributed by atoms with Gasteiger partial charge >= 0.3 is 0 Å². The molecule has 6 heteroatoms. The van der Waals surface area contributed by atoms with Crippen molar-refractivity contribution in [3.8, 4) is 0 Å². The zero-order valence-corrected chi connectivity index (χ0v) is 12.0. The Bertz CT molecular complexity index is 451. The molecule has 3 heterocycles. The monoisotopic (exact) mass is 288 g/mol. The first-order chi connectivity index (χ1) is 7.84. The third-order valence-electron chi connectivity index (χ3n) is 2.74.